The van der Waals surface area contributed by atoms with Crippen molar-refractivity contribution < 1.29 is 18.3 Å². The molecule has 2 rings (SSSR count). The molecule has 1 heterocycles. The molecule has 2 N–H and O–H groups in total. The quantitative estimate of drug-likeness (QED) is 0.931. The Morgan fingerprint density at radius 2 is 2.20 bits per heavy atom. The highest BCUT2D eigenvalue weighted by molar-refractivity contribution is 5.90. The number of aryl methyl sites for hydroxylation is 1. The van der Waals surface area contributed by atoms with Crippen LogP contribution in [0.1, 0.15) is 16.2 Å². The summed E-state index contributed by atoms with van der Waals surface area (Å²) < 4.78 is 32.1. The molecule has 0 aliphatic rings. The van der Waals surface area contributed by atoms with Gasteiger partial charge < -0.3 is 15.0 Å². The topological polar surface area (TPSA) is 70.1 Å². The molecule has 0 spiro atoms. The van der Waals surface area contributed by atoms with Gasteiger partial charge in [-0.05, 0) is 24.6 Å². The van der Waals surface area contributed by atoms with E-state index >= 15 is 0 Å². The van der Waals surface area contributed by atoms with Crippen molar-refractivity contribution in [1.82, 2.24) is 9.55 Å². The van der Waals surface area contributed by atoms with Gasteiger partial charge in [-0.3, -0.25) is 4.79 Å². The highest BCUT2D eigenvalue weighted by Crippen LogP contribution is 2.30. The van der Waals surface area contributed by atoms with Gasteiger partial charge >= 0.3 is 0 Å². The van der Waals surface area contributed by atoms with Gasteiger partial charge in [0.15, 0.2) is 17.4 Å². The summed E-state index contributed by atoms with van der Waals surface area (Å²) in [7, 11) is 1.61. The van der Waals surface area contributed by atoms with E-state index in [-0.39, 0.29) is 17.1 Å². The largest absolute Gasteiger partial charge is 0.460 e. The van der Waals surface area contributed by atoms with Crippen LogP contribution < -0.4 is 10.5 Å². The molecule has 0 atom stereocenters. The van der Waals surface area contributed by atoms with Crippen LogP contribution in [-0.4, -0.2) is 22.3 Å². The van der Waals surface area contributed by atoms with Crippen molar-refractivity contribution in [3.63, 3.8) is 0 Å². The normalized spacial score (nSPS) is 10.6. The van der Waals surface area contributed by atoms with Crippen molar-refractivity contribution in [2.45, 2.75) is 6.92 Å². The van der Waals surface area contributed by atoms with Crippen LogP contribution in [0.2, 0.25) is 0 Å². The Labute approximate surface area is 114 Å². The first-order valence-corrected chi connectivity index (χ1v) is 5.77. The fraction of sp³-hybridized carbons (Fsp3) is 0.231. The second-order valence-electron chi connectivity index (χ2n) is 4.23. The first-order valence-electron chi connectivity index (χ1n) is 5.77. The summed E-state index contributed by atoms with van der Waals surface area (Å²) in [6.07, 6.45) is 1.57. The fourth-order valence-electron chi connectivity index (χ4n) is 1.93. The summed E-state index contributed by atoms with van der Waals surface area (Å²) in [6.45, 7) is 0.416. The molecular weight excluding hydrogens is 268 g/mol. The number of primary amides is 1. The minimum absolute atomic E-state index is 0.0730. The van der Waals surface area contributed by atoms with Crippen LogP contribution >= 0.6 is 0 Å². The molecular formula is C13H13F2N3O2. The standard InChI is InChI=1S/C13H13F2N3O2/c1-7-8(3-4-10(11(7)15)20-6-14)9-5-18(2)13(17-9)12(16)19/h3-5H,6H2,1-2H3,(H2,16,19). The maximum absolute atomic E-state index is 14.0. The predicted molar refractivity (Wildman–Crippen MR) is 68.5 cm³/mol. The number of alkyl halides is 1. The lowest BCUT2D eigenvalue weighted by Gasteiger charge is -2.08. The van der Waals surface area contributed by atoms with Crippen molar-refractivity contribution in [3.05, 3.63) is 35.5 Å². The number of nitrogens with two attached hydrogens (primary N) is 1. The van der Waals surface area contributed by atoms with Gasteiger partial charge in [0.05, 0.1) is 5.69 Å². The van der Waals surface area contributed by atoms with E-state index in [0.717, 1.165) is 0 Å². The molecule has 5 nitrogen and oxygen atoms in total. The molecule has 2 aromatic rings. The van der Waals surface area contributed by atoms with E-state index in [1.54, 1.807) is 19.3 Å². The summed E-state index contributed by atoms with van der Waals surface area (Å²) >= 11 is 0. The first-order chi connectivity index (χ1) is 9.45. The average molecular weight is 281 g/mol. The molecule has 0 radical (unpaired) electrons. The Balaban J connectivity index is 2.51. The molecule has 0 saturated heterocycles. The van der Waals surface area contributed by atoms with Crippen molar-refractivity contribution in [2.24, 2.45) is 12.8 Å². The van der Waals surface area contributed by atoms with Crippen LogP contribution in [0.5, 0.6) is 5.75 Å². The third-order valence-electron chi connectivity index (χ3n) is 2.93. The number of nitrogens with zero attached hydrogens (tertiary/aromatic N) is 2. The van der Waals surface area contributed by atoms with E-state index in [9.17, 15) is 13.6 Å². The highest BCUT2D eigenvalue weighted by Gasteiger charge is 2.17. The second kappa shape index (κ2) is 5.28. The maximum Gasteiger partial charge on any atom is 0.284 e. The third-order valence-corrected chi connectivity index (χ3v) is 2.93. The number of ether oxygens (including phenoxy) is 1. The zero-order valence-corrected chi connectivity index (χ0v) is 11.0. The van der Waals surface area contributed by atoms with E-state index in [1.165, 1.54) is 17.6 Å². The van der Waals surface area contributed by atoms with Gasteiger partial charge in [0.2, 0.25) is 6.86 Å². The Bertz CT molecular complexity index is 668. The summed E-state index contributed by atoms with van der Waals surface area (Å²) in [5.74, 6) is -1.43. The van der Waals surface area contributed by atoms with Crippen molar-refractivity contribution >= 4 is 5.91 Å². The second-order valence-corrected chi connectivity index (χ2v) is 4.23. The molecule has 0 fully saturated rings. The zero-order chi connectivity index (χ0) is 14.9. The van der Waals surface area contributed by atoms with Gasteiger partial charge in [-0.1, -0.05) is 0 Å². The van der Waals surface area contributed by atoms with Crippen LogP contribution in [0.3, 0.4) is 0 Å². The van der Waals surface area contributed by atoms with Gasteiger partial charge in [0.1, 0.15) is 0 Å². The summed E-state index contributed by atoms with van der Waals surface area (Å²) in [4.78, 5) is 15.2. The number of amides is 1. The number of halogens is 2. The molecule has 0 aliphatic carbocycles. The van der Waals surface area contributed by atoms with Crippen molar-refractivity contribution in [3.8, 4) is 17.0 Å². The predicted octanol–water partition coefficient (Wildman–Crippen LogP) is 1.94. The number of hydrogen-bond acceptors (Lipinski definition) is 3. The average Bonchev–Trinajstić information content (AvgIpc) is 2.77. The minimum atomic E-state index is -1.11. The number of carbonyl (C=O) groups excluding carboxylic acids is 1. The van der Waals surface area contributed by atoms with E-state index in [4.69, 9.17) is 5.73 Å². The number of imidazole rings is 1. The molecule has 1 aromatic heterocycles. The molecule has 1 amide bonds. The van der Waals surface area contributed by atoms with E-state index in [2.05, 4.69) is 9.72 Å². The Kier molecular flexibility index (Phi) is 3.69. The van der Waals surface area contributed by atoms with Crippen LogP contribution in [0.25, 0.3) is 11.3 Å². The smallest absolute Gasteiger partial charge is 0.284 e. The van der Waals surface area contributed by atoms with E-state index < -0.39 is 18.6 Å². The summed E-state index contributed by atoms with van der Waals surface area (Å²) in [5, 5.41) is 0. The summed E-state index contributed by atoms with van der Waals surface area (Å²) in [5.41, 5.74) is 6.32. The lowest BCUT2D eigenvalue weighted by molar-refractivity contribution is 0.0987. The van der Waals surface area contributed by atoms with Crippen LogP contribution in [0, 0.1) is 12.7 Å². The first kappa shape index (κ1) is 14.0. The number of carbonyl (C=O) groups is 1. The van der Waals surface area contributed by atoms with Gasteiger partial charge in [-0.15, -0.1) is 0 Å². The fourth-order valence-corrected chi connectivity index (χ4v) is 1.93. The lowest BCUT2D eigenvalue weighted by atomic mass is 10.1. The Morgan fingerprint density at radius 1 is 1.50 bits per heavy atom. The molecule has 7 heteroatoms. The van der Waals surface area contributed by atoms with Crippen LogP contribution in [0.4, 0.5) is 8.78 Å². The molecule has 0 aliphatic heterocycles. The summed E-state index contributed by atoms with van der Waals surface area (Å²) in [6, 6.07) is 2.87. The minimum Gasteiger partial charge on any atom is -0.460 e. The third kappa shape index (κ3) is 2.34. The highest BCUT2D eigenvalue weighted by atomic mass is 19.1. The van der Waals surface area contributed by atoms with Gasteiger partial charge in [-0.2, -0.15) is 0 Å². The SMILES string of the molecule is Cc1c(-c2cn(C)c(C(N)=O)n2)ccc(OCF)c1F. The molecule has 106 valence electrons. The monoisotopic (exact) mass is 281 g/mol. The van der Waals surface area contributed by atoms with Gasteiger partial charge in [0, 0.05) is 18.8 Å². The van der Waals surface area contributed by atoms with Crippen LogP contribution in [0.15, 0.2) is 18.3 Å². The van der Waals surface area contributed by atoms with E-state index in [1.807, 2.05) is 0 Å². The van der Waals surface area contributed by atoms with Crippen LogP contribution in [-0.2, 0) is 7.05 Å². The van der Waals surface area contributed by atoms with E-state index in [0.29, 0.717) is 11.3 Å². The number of rotatable bonds is 4. The Morgan fingerprint density at radius 3 is 2.75 bits per heavy atom. The maximum atomic E-state index is 14.0. The lowest BCUT2D eigenvalue weighted by Crippen LogP contribution is -2.16. The number of hydrogen-bond donors (Lipinski definition) is 1. The molecule has 0 saturated carbocycles. The molecule has 0 unspecified atom stereocenters. The number of aromatic nitrogens is 2. The molecule has 20 heavy (non-hydrogen) atoms. The molecule has 0 bridgehead atoms. The number of benzene rings is 1. The zero-order valence-electron chi connectivity index (χ0n) is 11.0. The Hall–Kier alpha value is -2.44. The van der Waals surface area contributed by atoms with Gasteiger partial charge in [0.25, 0.3) is 5.91 Å². The van der Waals surface area contributed by atoms with Crippen molar-refractivity contribution in [2.75, 3.05) is 6.86 Å². The van der Waals surface area contributed by atoms with Crippen molar-refractivity contribution in [1.29, 1.82) is 0 Å². The molecule has 1 aromatic carbocycles. The van der Waals surface area contributed by atoms with Gasteiger partial charge in [-0.25, -0.2) is 13.8 Å².